The highest BCUT2D eigenvalue weighted by atomic mass is 32.2. The second-order valence-corrected chi connectivity index (χ2v) is 8.31. The highest BCUT2D eigenvalue weighted by Gasteiger charge is 2.25. The SMILES string of the molecule is Cc1csc([C@H](C#N)C(=O)CSc2nnc(-c3ccccc3)n2Cc2ccco2)n1. The fourth-order valence-electron chi connectivity index (χ4n) is 2.89. The molecule has 0 saturated carbocycles. The van der Waals surface area contributed by atoms with E-state index in [0.29, 0.717) is 22.5 Å². The van der Waals surface area contributed by atoms with Crippen LogP contribution in [0.4, 0.5) is 0 Å². The summed E-state index contributed by atoms with van der Waals surface area (Å²) in [5.41, 5.74) is 1.73. The van der Waals surface area contributed by atoms with Crippen molar-refractivity contribution in [1.82, 2.24) is 19.7 Å². The molecule has 0 aliphatic carbocycles. The van der Waals surface area contributed by atoms with Crippen molar-refractivity contribution in [2.24, 2.45) is 0 Å². The van der Waals surface area contributed by atoms with Gasteiger partial charge in [-0.05, 0) is 19.1 Å². The van der Waals surface area contributed by atoms with Gasteiger partial charge in [0.05, 0.1) is 24.6 Å². The fourth-order valence-corrected chi connectivity index (χ4v) is 4.59. The van der Waals surface area contributed by atoms with Gasteiger partial charge in [0.1, 0.15) is 10.8 Å². The van der Waals surface area contributed by atoms with Crippen LogP contribution < -0.4 is 0 Å². The Morgan fingerprint density at radius 3 is 2.77 bits per heavy atom. The quantitative estimate of drug-likeness (QED) is 0.380. The number of furan rings is 1. The third-order valence-electron chi connectivity index (χ3n) is 4.32. The number of nitrogens with zero attached hydrogens (tertiary/aromatic N) is 5. The first-order valence-electron chi connectivity index (χ1n) is 9.14. The summed E-state index contributed by atoms with van der Waals surface area (Å²) in [7, 11) is 0. The standard InChI is InChI=1S/C21H17N5O2S2/c1-14-12-29-20(23-14)17(10-22)18(27)13-30-21-25-24-19(15-6-3-2-4-7-15)26(21)11-16-8-5-9-28-16/h2-9,12,17H,11,13H2,1H3/t17-/m1/s1. The average molecular weight is 436 g/mol. The molecule has 0 unspecified atom stereocenters. The predicted molar refractivity (Wildman–Crippen MR) is 114 cm³/mol. The minimum atomic E-state index is -0.869. The summed E-state index contributed by atoms with van der Waals surface area (Å²) in [6.45, 7) is 2.28. The molecule has 3 aromatic heterocycles. The molecule has 150 valence electrons. The lowest BCUT2D eigenvalue weighted by molar-refractivity contribution is -0.116. The topological polar surface area (TPSA) is 97.6 Å². The summed E-state index contributed by atoms with van der Waals surface area (Å²) in [5.74, 6) is 0.474. The molecule has 9 heteroatoms. The summed E-state index contributed by atoms with van der Waals surface area (Å²) in [6, 6.07) is 15.5. The Balaban J connectivity index is 1.57. The van der Waals surface area contributed by atoms with Crippen molar-refractivity contribution < 1.29 is 9.21 Å². The van der Waals surface area contributed by atoms with Crippen LogP contribution >= 0.6 is 23.1 Å². The molecular formula is C21H17N5O2S2. The van der Waals surface area contributed by atoms with Crippen LogP contribution in [0.1, 0.15) is 22.4 Å². The molecule has 1 atom stereocenters. The second-order valence-electron chi connectivity index (χ2n) is 6.48. The van der Waals surface area contributed by atoms with Crippen LogP contribution in [0.15, 0.2) is 63.7 Å². The maximum absolute atomic E-state index is 12.7. The van der Waals surface area contributed by atoms with Gasteiger partial charge in [-0.15, -0.1) is 21.5 Å². The van der Waals surface area contributed by atoms with E-state index in [9.17, 15) is 10.1 Å². The van der Waals surface area contributed by atoms with Gasteiger partial charge in [0, 0.05) is 16.6 Å². The number of Topliss-reactive ketones (excluding diaryl/α,β-unsaturated/α-hetero) is 1. The lowest BCUT2D eigenvalue weighted by Gasteiger charge is -2.09. The number of thiazole rings is 1. The van der Waals surface area contributed by atoms with Crippen molar-refractivity contribution in [3.63, 3.8) is 0 Å². The predicted octanol–water partition coefficient (Wildman–Crippen LogP) is 4.32. The number of carbonyl (C=O) groups is 1. The zero-order valence-electron chi connectivity index (χ0n) is 16.1. The number of hydrogen-bond donors (Lipinski definition) is 0. The van der Waals surface area contributed by atoms with Gasteiger partial charge in [-0.3, -0.25) is 9.36 Å². The molecule has 0 N–H and O–H groups in total. The van der Waals surface area contributed by atoms with E-state index >= 15 is 0 Å². The van der Waals surface area contributed by atoms with E-state index in [2.05, 4.69) is 21.3 Å². The van der Waals surface area contributed by atoms with Crippen molar-refractivity contribution in [3.8, 4) is 17.5 Å². The summed E-state index contributed by atoms with van der Waals surface area (Å²) < 4.78 is 7.41. The van der Waals surface area contributed by atoms with Crippen LogP contribution in [0, 0.1) is 18.3 Å². The molecule has 4 aromatic rings. The molecule has 0 bridgehead atoms. The second kappa shape index (κ2) is 9.07. The Hall–Kier alpha value is -3.22. The number of ketones is 1. The molecule has 4 rings (SSSR count). The average Bonchev–Trinajstić information content (AvgIpc) is 3.50. The molecular weight excluding hydrogens is 418 g/mol. The van der Waals surface area contributed by atoms with Crippen LogP contribution in [0.2, 0.25) is 0 Å². The van der Waals surface area contributed by atoms with Crippen LogP contribution in [0.5, 0.6) is 0 Å². The smallest absolute Gasteiger partial charge is 0.192 e. The van der Waals surface area contributed by atoms with E-state index in [1.165, 1.54) is 23.1 Å². The zero-order chi connectivity index (χ0) is 20.9. The number of hydrogen-bond acceptors (Lipinski definition) is 8. The van der Waals surface area contributed by atoms with Gasteiger partial charge < -0.3 is 4.42 Å². The molecule has 0 amide bonds. The van der Waals surface area contributed by atoms with E-state index in [4.69, 9.17) is 4.42 Å². The van der Waals surface area contributed by atoms with Gasteiger partial charge in [-0.25, -0.2) is 4.98 Å². The number of aryl methyl sites for hydroxylation is 1. The number of aromatic nitrogens is 4. The number of nitriles is 1. The molecule has 30 heavy (non-hydrogen) atoms. The number of rotatable bonds is 8. The summed E-state index contributed by atoms with van der Waals surface area (Å²) in [4.78, 5) is 17.0. The lowest BCUT2D eigenvalue weighted by Crippen LogP contribution is -2.14. The van der Waals surface area contributed by atoms with Crippen LogP contribution in [0.3, 0.4) is 0 Å². The van der Waals surface area contributed by atoms with Gasteiger partial charge in [-0.1, -0.05) is 42.1 Å². The van der Waals surface area contributed by atoms with Crippen LogP contribution in [-0.4, -0.2) is 31.3 Å². The maximum Gasteiger partial charge on any atom is 0.192 e. The van der Waals surface area contributed by atoms with Crippen molar-refractivity contribution >= 4 is 28.9 Å². The minimum Gasteiger partial charge on any atom is -0.467 e. The number of benzene rings is 1. The number of thioether (sulfide) groups is 1. The monoisotopic (exact) mass is 435 g/mol. The highest BCUT2D eigenvalue weighted by Crippen LogP contribution is 2.28. The van der Waals surface area contributed by atoms with Gasteiger partial charge >= 0.3 is 0 Å². The van der Waals surface area contributed by atoms with E-state index in [1.807, 2.05) is 59.3 Å². The Morgan fingerprint density at radius 2 is 2.10 bits per heavy atom. The molecule has 0 aliphatic heterocycles. The third-order valence-corrected chi connectivity index (χ3v) is 6.34. The normalized spacial score (nSPS) is 11.9. The molecule has 0 aliphatic rings. The summed E-state index contributed by atoms with van der Waals surface area (Å²) in [6.07, 6.45) is 1.62. The Morgan fingerprint density at radius 1 is 1.27 bits per heavy atom. The van der Waals surface area contributed by atoms with E-state index in [-0.39, 0.29) is 11.5 Å². The van der Waals surface area contributed by atoms with Crippen molar-refractivity contribution in [1.29, 1.82) is 5.26 Å². The van der Waals surface area contributed by atoms with Crippen molar-refractivity contribution in [3.05, 3.63) is 70.6 Å². The van der Waals surface area contributed by atoms with E-state index in [1.54, 1.807) is 6.26 Å². The Kier molecular flexibility index (Phi) is 6.07. The van der Waals surface area contributed by atoms with E-state index < -0.39 is 5.92 Å². The first kappa shape index (κ1) is 20.1. The largest absolute Gasteiger partial charge is 0.467 e. The van der Waals surface area contributed by atoms with E-state index in [0.717, 1.165) is 17.0 Å². The molecule has 0 fully saturated rings. The molecule has 3 heterocycles. The fraction of sp³-hybridized carbons (Fsp3) is 0.190. The first-order valence-corrected chi connectivity index (χ1v) is 11.0. The Labute approximate surface area is 181 Å². The summed E-state index contributed by atoms with van der Waals surface area (Å²) in [5, 5.41) is 21.1. The first-order chi connectivity index (χ1) is 14.7. The van der Waals surface area contributed by atoms with Crippen LogP contribution in [0.25, 0.3) is 11.4 Å². The molecule has 1 aromatic carbocycles. The third kappa shape index (κ3) is 4.35. The Bertz CT molecular complexity index is 1180. The molecule has 0 saturated heterocycles. The molecule has 0 spiro atoms. The zero-order valence-corrected chi connectivity index (χ0v) is 17.7. The van der Waals surface area contributed by atoms with Gasteiger partial charge in [0.2, 0.25) is 0 Å². The van der Waals surface area contributed by atoms with Crippen molar-refractivity contribution in [2.45, 2.75) is 24.5 Å². The molecule has 7 nitrogen and oxygen atoms in total. The maximum atomic E-state index is 12.7. The minimum absolute atomic E-state index is 0.0991. The summed E-state index contributed by atoms with van der Waals surface area (Å²) >= 11 is 2.59. The van der Waals surface area contributed by atoms with Gasteiger partial charge in [-0.2, -0.15) is 5.26 Å². The van der Waals surface area contributed by atoms with Gasteiger partial charge in [0.25, 0.3) is 0 Å². The van der Waals surface area contributed by atoms with Gasteiger partial charge in [0.15, 0.2) is 22.7 Å². The number of carbonyl (C=O) groups excluding carboxylic acids is 1. The lowest BCUT2D eigenvalue weighted by atomic mass is 10.1. The van der Waals surface area contributed by atoms with Crippen LogP contribution in [-0.2, 0) is 11.3 Å². The van der Waals surface area contributed by atoms with Crippen molar-refractivity contribution in [2.75, 3.05) is 5.75 Å². The molecule has 0 radical (unpaired) electrons. The highest BCUT2D eigenvalue weighted by molar-refractivity contribution is 7.99.